The van der Waals surface area contributed by atoms with Crippen LogP contribution < -0.4 is 0 Å². The van der Waals surface area contributed by atoms with Crippen LogP contribution in [0.3, 0.4) is 0 Å². The summed E-state index contributed by atoms with van der Waals surface area (Å²) >= 11 is 0. The van der Waals surface area contributed by atoms with Gasteiger partial charge in [-0.1, -0.05) is 115 Å². The van der Waals surface area contributed by atoms with E-state index in [1.54, 1.807) is 6.92 Å². The molecule has 0 bridgehead atoms. The molecule has 0 saturated heterocycles. The summed E-state index contributed by atoms with van der Waals surface area (Å²) < 4.78 is 0. The SMILES string of the molecule is CC(CC=CCCCCCCCCCCCCCCCCCCCO)C(=O)O. The Morgan fingerprint density at radius 2 is 1.00 bits per heavy atom. The Morgan fingerprint density at radius 1 is 0.643 bits per heavy atom. The molecule has 3 heteroatoms. The number of aliphatic carboxylic acids is 1. The summed E-state index contributed by atoms with van der Waals surface area (Å²) in [4.78, 5) is 10.7. The van der Waals surface area contributed by atoms with Crippen LogP contribution in [0.5, 0.6) is 0 Å². The van der Waals surface area contributed by atoms with Crippen molar-refractivity contribution in [3.63, 3.8) is 0 Å². The van der Waals surface area contributed by atoms with Crippen LogP contribution in [0.1, 0.15) is 129 Å². The summed E-state index contributed by atoms with van der Waals surface area (Å²) in [6.07, 6.45) is 28.6. The van der Waals surface area contributed by atoms with Crippen molar-refractivity contribution in [3.05, 3.63) is 12.2 Å². The molecule has 1 atom stereocenters. The van der Waals surface area contributed by atoms with E-state index < -0.39 is 5.97 Å². The molecule has 0 fully saturated rings. The van der Waals surface area contributed by atoms with Gasteiger partial charge in [-0.15, -0.1) is 0 Å². The highest BCUT2D eigenvalue weighted by Gasteiger charge is 2.07. The predicted molar refractivity (Wildman–Crippen MR) is 121 cm³/mol. The zero-order valence-electron chi connectivity index (χ0n) is 18.7. The summed E-state index contributed by atoms with van der Waals surface area (Å²) in [5.41, 5.74) is 0. The van der Waals surface area contributed by atoms with Crippen molar-refractivity contribution in [2.75, 3.05) is 6.61 Å². The van der Waals surface area contributed by atoms with Crippen molar-refractivity contribution in [1.82, 2.24) is 0 Å². The molecule has 0 amide bonds. The number of aliphatic hydroxyl groups excluding tert-OH is 1. The Labute approximate surface area is 175 Å². The Hall–Kier alpha value is -0.830. The summed E-state index contributed by atoms with van der Waals surface area (Å²) in [7, 11) is 0. The average molecular weight is 397 g/mol. The first-order valence-corrected chi connectivity index (χ1v) is 12.2. The van der Waals surface area contributed by atoms with Crippen molar-refractivity contribution >= 4 is 5.97 Å². The smallest absolute Gasteiger partial charge is 0.306 e. The number of allylic oxidation sites excluding steroid dienone is 2. The van der Waals surface area contributed by atoms with E-state index in [1.807, 2.05) is 6.08 Å². The fraction of sp³-hybridized carbons (Fsp3) is 0.880. The first-order chi connectivity index (χ1) is 13.7. The number of carbonyl (C=O) groups is 1. The maximum Gasteiger partial charge on any atom is 0.306 e. The molecule has 28 heavy (non-hydrogen) atoms. The lowest BCUT2D eigenvalue weighted by molar-refractivity contribution is -0.140. The lowest BCUT2D eigenvalue weighted by Crippen LogP contribution is -2.07. The second-order valence-corrected chi connectivity index (χ2v) is 8.47. The fourth-order valence-electron chi connectivity index (χ4n) is 3.54. The van der Waals surface area contributed by atoms with Gasteiger partial charge < -0.3 is 10.2 Å². The largest absolute Gasteiger partial charge is 0.481 e. The zero-order valence-corrected chi connectivity index (χ0v) is 18.7. The lowest BCUT2D eigenvalue weighted by atomic mass is 10.0. The van der Waals surface area contributed by atoms with Crippen LogP contribution in [0, 0.1) is 5.92 Å². The maximum absolute atomic E-state index is 10.7. The summed E-state index contributed by atoms with van der Waals surface area (Å²) in [5.74, 6) is -0.963. The average Bonchev–Trinajstić information content (AvgIpc) is 2.68. The van der Waals surface area contributed by atoms with Gasteiger partial charge in [0, 0.05) is 6.61 Å². The third kappa shape index (κ3) is 21.5. The Balaban J connectivity index is 3.10. The van der Waals surface area contributed by atoms with Crippen LogP contribution in [0.4, 0.5) is 0 Å². The zero-order chi connectivity index (χ0) is 20.7. The summed E-state index contributed by atoms with van der Waals surface area (Å²) in [6, 6.07) is 0. The standard InChI is InChI=1S/C25H48O3/c1-24(25(27)28)22-20-18-16-14-12-10-8-6-4-2-3-5-7-9-11-13-15-17-19-21-23-26/h18,20,24,26H,2-17,19,21-23H2,1H3,(H,27,28). The van der Waals surface area contributed by atoms with Gasteiger partial charge >= 0.3 is 5.97 Å². The highest BCUT2D eigenvalue weighted by atomic mass is 16.4. The normalized spacial score (nSPS) is 12.6. The molecule has 3 nitrogen and oxygen atoms in total. The predicted octanol–water partition coefficient (Wildman–Crippen LogP) is 7.67. The quantitative estimate of drug-likeness (QED) is 0.146. The van der Waals surface area contributed by atoms with Crippen LogP contribution in [0.15, 0.2) is 12.2 Å². The molecule has 0 aromatic carbocycles. The second kappa shape index (κ2) is 22.5. The highest BCUT2D eigenvalue weighted by Crippen LogP contribution is 2.14. The molecule has 1 unspecified atom stereocenters. The molecule has 0 heterocycles. The number of unbranched alkanes of at least 4 members (excludes halogenated alkanes) is 17. The summed E-state index contributed by atoms with van der Waals surface area (Å²) in [5, 5.41) is 17.5. The molecule has 0 rings (SSSR count). The van der Waals surface area contributed by atoms with Crippen LogP contribution in [-0.4, -0.2) is 22.8 Å². The van der Waals surface area contributed by atoms with Crippen molar-refractivity contribution in [2.45, 2.75) is 129 Å². The minimum atomic E-state index is -0.703. The van der Waals surface area contributed by atoms with Crippen molar-refractivity contribution in [1.29, 1.82) is 0 Å². The third-order valence-corrected chi connectivity index (χ3v) is 5.61. The van der Waals surface area contributed by atoms with Gasteiger partial charge in [-0.2, -0.15) is 0 Å². The third-order valence-electron chi connectivity index (χ3n) is 5.61. The molecule has 166 valence electrons. The second-order valence-electron chi connectivity index (χ2n) is 8.47. The molecule has 0 radical (unpaired) electrons. The van der Waals surface area contributed by atoms with E-state index >= 15 is 0 Å². The Morgan fingerprint density at radius 3 is 1.36 bits per heavy atom. The van der Waals surface area contributed by atoms with E-state index in [-0.39, 0.29) is 5.92 Å². The number of rotatable bonds is 22. The number of hydrogen-bond donors (Lipinski definition) is 2. The van der Waals surface area contributed by atoms with Crippen LogP contribution in [0.2, 0.25) is 0 Å². The van der Waals surface area contributed by atoms with Crippen LogP contribution in [0.25, 0.3) is 0 Å². The van der Waals surface area contributed by atoms with Crippen LogP contribution in [-0.2, 0) is 4.79 Å². The molecule has 0 saturated carbocycles. The molecule has 0 spiro atoms. The molecular formula is C25H48O3. The first kappa shape index (κ1) is 27.2. The van der Waals surface area contributed by atoms with Crippen molar-refractivity contribution < 1.29 is 15.0 Å². The van der Waals surface area contributed by atoms with E-state index in [0.29, 0.717) is 13.0 Å². The van der Waals surface area contributed by atoms with Crippen molar-refractivity contribution in [2.24, 2.45) is 5.92 Å². The van der Waals surface area contributed by atoms with E-state index in [1.165, 1.54) is 103 Å². The van der Waals surface area contributed by atoms with Gasteiger partial charge in [0.2, 0.25) is 0 Å². The first-order valence-electron chi connectivity index (χ1n) is 12.2. The molecule has 0 aliphatic heterocycles. The van der Waals surface area contributed by atoms with Gasteiger partial charge in [0.25, 0.3) is 0 Å². The van der Waals surface area contributed by atoms with Gasteiger partial charge in [0.1, 0.15) is 0 Å². The molecule has 2 N–H and O–H groups in total. The molecule has 0 aliphatic carbocycles. The molecular weight excluding hydrogens is 348 g/mol. The minimum Gasteiger partial charge on any atom is -0.481 e. The van der Waals surface area contributed by atoms with Crippen LogP contribution >= 0.6 is 0 Å². The van der Waals surface area contributed by atoms with E-state index in [9.17, 15) is 4.79 Å². The van der Waals surface area contributed by atoms with Gasteiger partial charge in [0.05, 0.1) is 5.92 Å². The van der Waals surface area contributed by atoms with Gasteiger partial charge in [0.15, 0.2) is 0 Å². The number of carboxylic acids is 1. The number of hydrogen-bond acceptors (Lipinski definition) is 2. The minimum absolute atomic E-state index is 0.260. The topological polar surface area (TPSA) is 57.5 Å². The molecule has 0 aliphatic rings. The van der Waals surface area contributed by atoms with Gasteiger partial charge in [-0.3, -0.25) is 4.79 Å². The summed E-state index contributed by atoms with van der Waals surface area (Å²) in [6.45, 7) is 2.12. The number of aliphatic hydroxyl groups is 1. The Kier molecular flexibility index (Phi) is 21.8. The van der Waals surface area contributed by atoms with E-state index in [0.717, 1.165) is 12.8 Å². The van der Waals surface area contributed by atoms with Gasteiger partial charge in [-0.25, -0.2) is 0 Å². The van der Waals surface area contributed by atoms with E-state index in [4.69, 9.17) is 10.2 Å². The number of carboxylic acid groups (broad SMARTS) is 1. The van der Waals surface area contributed by atoms with Crippen molar-refractivity contribution in [3.8, 4) is 0 Å². The highest BCUT2D eigenvalue weighted by molar-refractivity contribution is 5.69. The van der Waals surface area contributed by atoms with E-state index in [2.05, 4.69) is 6.08 Å². The van der Waals surface area contributed by atoms with Gasteiger partial charge in [-0.05, 0) is 25.7 Å². The Bertz CT molecular complexity index is 352. The fourth-order valence-corrected chi connectivity index (χ4v) is 3.54. The lowest BCUT2D eigenvalue weighted by Gasteiger charge is -2.03. The molecule has 0 aromatic rings. The monoisotopic (exact) mass is 396 g/mol. The molecule has 0 aromatic heterocycles. The maximum atomic E-state index is 10.7.